The van der Waals surface area contributed by atoms with Gasteiger partial charge in [-0.25, -0.2) is 15.0 Å². The smallest absolute Gasteiger partial charge is 0.164 e. The highest BCUT2D eigenvalue weighted by Gasteiger charge is 2.49. The van der Waals surface area contributed by atoms with Crippen LogP contribution in [0.5, 0.6) is 0 Å². The lowest BCUT2D eigenvalue weighted by Gasteiger charge is -2.35. The Hall–Kier alpha value is -7.43. The topological polar surface area (TPSA) is 51.8 Å². The van der Waals surface area contributed by atoms with Crippen LogP contribution in [0.15, 0.2) is 192 Å². The monoisotopic (exact) mass is 713 g/mol. The van der Waals surface area contributed by atoms with E-state index in [4.69, 9.17) is 19.4 Å². The van der Waals surface area contributed by atoms with Gasteiger partial charge in [0.15, 0.2) is 17.5 Å². The van der Waals surface area contributed by atoms with Crippen molar-refractivity contribution in [3.8, 4) is 67.5 Å². The van der Waals surface area contributed by atoms with Gasteiger partial charge in [-0.05, 0) is 86.0 Å². The van der Waals surface area contributed by atoms with E-state index >= 15 is 0 Å². The molecule has 2 aliphatic rings. The van der Waals surface area contributed by atoms with Crippen molar-refractivity contribution in [1.82, 2.24) is 15.0 Å². The number of fused-ring (bicyclic) bond motifs is 15. The molecular weight excluding hydrogens is 683 g/mol. The lowest BCUT2D eigenvalue weighted by molar-refractivity contribution is 0.669. The minimum atomic E-state index is -0.543. The third-order valence-corrected chi connectivity index (χ3v) is 11.8. The van der Waals surface area contributed by atoms with E-state index in [2.05, 4.69) is 140 Å². The molecule has 0 bridgehead atoms. The number of aromatic nitrogens is 3. The van der Waals surface area contributed by atoms with Gasteiger partial charge in [0.1, 0.15) is 11.2 Å². The summed E-state index contributed by atoms with van der Waals surface area (Å²) < 4.78 is 6.17. The molecule has 56 heavy (non-hydrogen) atoms. The van der Waals surface area contributed by atoms with Crippen LogP contribution in [0.25, 0.3) is 89.5 Å². The van der Waals surface area contributed by atoms with Crippen molar-refractivity contribution in [2.75, 3.05) is 0 Å². The predicted octanol–water partition coefficient (Wildman–Crippen LogP) is 12.8. The summed E-state index contributed by atoms with van der Waals surface area (Å²) >= 11 is 0. The number of hydrogen-bond donors (Lipinski definition) is 0. The van der Waals surface area contributed by atoms with Crippen molar-refractivity contribution in [3.63, 3.8) is 0 Å². The molecule has 8 aromatic carbocycles. The van der Waals surface area contributed by atoms with Crippen LogP contribution in [0, 0.1) is 0 Å². The second kappa shape index (κ2) is 11.8. The number of nitrogens with zero attached hydrogens (tertiary/aromatic N) is 3. The molecule has 2 heterocycles. The summed E-state index contributed by atoms with van der Waals surface area (Å²) in [7, 11) is 0. The molecule has 0 atom stereocenters. The lowest BCUT2D eigenvalue weighted by Crippen LogP contribution is -2.29. The Kier molecular flexibility index (Phi) is 6.52. The first-order chi connectivity index (χ1) is 27.8. The Morgan fingerprint density at radius 2 is 0.750 bits per heavy atom. The third-order valence-electron chi connectivity index (χ3n) is 11.8. The zero-order chi connectivity index (χ0) is 36.8. The fraction of sp³-hybridized carbons (Fsp3) is 0.0192. The van der Waals surface area contributed by atoms with E-state index in [1.54, 1.807) is 0 Å². The largest absolute Gasteiger partial charge is 0.456 e. The predicted molar refractivity (Wildman–Crippen MR) is 225 cm³/mol. The fourth-order valence-electron chi connectivity index (χ4n) is 9.41. The molecule has 0 saturated heterocycles. The molecule has 0 radical (unpaired) electrons. The normalized spacial score (nSPS) is 13.1. The minimum Gasteiger partial charge on any atom is -0.456 e. The van der Waals surface area contributed by atoms with Gasteiger partial charge in [-0.15, -0.1) is 0 Å². The SMILES string of the molecule is c1ccc(-c2nc(-c3ccc4c(c3)-c3ccccc3C43c4ccccc4-c4ccccc4-c4ccccc43)nc(-c3ccc4oc5ccccc5c4c3)n2)cc1. The van der Waals surface area contributed by atoms with E-state index in [0.29, 0.717) is 17.5 Å². The van der Waals surface area contributed by atoms with Gasteiger partial charge < -0.3 is 4.42 Å². The quantitative estimate of drug-likeness (QED) is 0.183. The summed E-state index contributed by atoms with van der Waals surface area (Å²) in [6.45, 7) is 0. The number of hydrogen-bond acceptors (Lipinski definition) is 4. The van der Waals surface area contributed by atoms with E-state index in [1.165, 1.54) is 55.6 Å². The van der Waals surface area contributed by atoms with E-state index in [-0.39, 0.29) is 0 Å². The summed E-state index contributed by atoms with van der Waals surface area (Å²) in [5.41, 5.74) is 16.4. The minimum absolute atomic E-state index is 0.543. The van der Waals surface area contributed by atoms with E-state index < -0.39 is 5.41 Å². The summed E-state index contributed by atoms with van der Waals surface area (Å²) in [6, 6.07) is 67.1. The highest BCUT2D eigenvalue weighted by atomic mass is 16.3. The Morgan fingerprint density at radius 1 is 0.304 bits per heavy atom. The molecule has 2 aliphatic carbocycles. The first kappa shape index (κ1) is 31.0. The highest BCUT2D eigenvalue weighted by Crippen LogP contribution is 2.61. The maximum Gasteiger partial charge on any atom is 0.164 e. The standard InChI is InChI=1S/C52H31N3O/c1-2-14-32(15-3-1)49-53-50(55-51(54-49)34-27-29-48-42(31-34)40-21-9-13-25-47(40)56-48)33-26-28-46-41(30-33)39-20-8-12-24-45(39)52(46)43-22-10-6-18-37(43)35-16-4-5-17-36(35)38-19-7-11-23-44(38)52/h1-31H. The van der Waals surface area contributed by atoms with Crippen LogP contribution in [0.1, 0.15) is 22.3 Å². The average molecular weight is 714 g/mol. The number of rotatable bonds is 3. The van der Waals surface area contributed by atoms with Gasteiger partial charge in [0, 0.05) is 27.5 Å². The van der Waals surface area contributed by atoms with Gasteiger partial charge >= 0.3 is 0 Å². The average Bonchev–Trinajstić information content (AvgIpc) is 3.76. The summed E-state index contributed by atoms with van der Waals surface area (Å²) in [4.78, 5) is 15.5. The van der Waals surface area contributed by atoms with Crippen LogP contribution in [0.2, 0.25) is 0 Å². The molecule has 10 aromatic rings. The Balaban J connectivity index is 1.10. The molecule has 2 aromatic heterocycles. The number of benzene rings is 8. The zero-order valence-corrected chi connectivity index (χ0v) is 30.1. The van der Waals surface area contributed by atoms with Crippen LogP contribution in [0.4, 0.5) is 0 Å². The second-order valence-corrected chi connectivity index (χ2v) is 14.7. The molecule has 260 valence electrons. The van der Waals surface area contributed by atoms with Crippen molar-refractivity contribution in [1.29, 1.82) is 0 Å². The van der Waals surface area contributed by atoms with Crippen molar-refractivity contribution >= 4 is 21.9 Å². The van der Waals surface area contributed by atoms with Crippen molar-refractivity contribution in [2.45, 2.75) is 5.41 Å². The Labute approximate surface area is 323 Å². The van der Waals surface area contributed by atoms with Crippen molar-refractivity contribution in [3.05, 3.63) is 210 Å². The third kappa shape index (κ3) is 4.32. The van der Waals surface area contributed by atoms with Gasteiger partial charge in [-0.3, -0.25) is 0 Å². The number of para-hydroxylation sites is 1. The molecule has 0 N–H and O–H groups in total. The van der Waals surface area contributed by atoms with E-state index in [1.807, 2.05) is 48.5 Å². The molecule has 12 rings (SSSR count). The zero-order valence-electron chi connectivity index (χ0n) is 30.1. The van der Waals surface area contributed by atoms with E-state index in [0.717, 1.165) is 38.6 Å². The van der Waals surface area contributed by atoms with Gasteiger partial charge in [-0.1, -0.05) is 158 Å². The summed E-state index contributed by atoms with van der Waals surface area (Å²) in [6.07, 6.45) is 0. The first-order valence-electron chi connectivity index (χ1n) is 19.0. The summed E-state index contributed by atoms with van der Waals surface area (Å²) in [5, 5.41) is 2.10. The molecule has 0 saturated carbocycles. The highest BCUT2D eigenvalue weighted by molar-refractivity contribution is 6.06. The molecule has 1 spiro atoms. The Bertz CT molecular complexity index is 3150. The maximum atomic E-state index is 6.17. The Morgan fingerprint density at radius 3 is 1.39 bits per heavy atom. The van der Waals surface area contributed by atoms with E-state index in [9.17, 15) is 0 Å². The van der Waals surface area contributed by atoms with Crippen LogP contribution < -0.4 is 0 Å². The molecule has 0 amide bonds. The lowest BCUT2D eigenvalue weighted by atomic mass is 9.66. The molecule has 0 fully saturated rings. The van der Waals surface area contributed by atoms with Gasteiger partial charge in [0.25, 0.3) is 0 Å². The van der Waals surface area contributed by atoms with Gasteiger partial charge in [0.2, 0.25) is 0 Å². The van der Waals surface area contributed by atoms with Crippen LogP contribution in [-0.4, -0.2) is 15.0 Å². The van der Waals surface area contributed by atoms with Crippen LogP contribution >= 0.6 is 0 Å². The second-order valence-electron chi connectivity index (χ2n) is 14.7. The summed E-state index contributed by atoms with van der Waals surface area (Å²) in [5.74, 6) is 1.87. The van der Waals surface area contributed by atoms with Crippen molar-refractivity contribution < 1.29 is 4.42 Å². The van der Waals surface area contributed by atoms with Gasteiger partial charge in [-0.2, -0.15) is 0 Å². The molecule has 4 heteroatoms. The molecule has 4 nitrogen and oxygen atoms in total. The van der Waals surface area contributed by atoms with Crippen LogP contribution in [0.3, 0.4) is 0 Å². The van der Waals surface area contributed by atoms with Crippen molar-refractivity contribution in [2.24, 2.45) is 0 Å². The molecular formula is C52H31N3O. The van der Waals surface area contributed by atoms with Crippen LogP contribution in [-0.2, 0) is 5.41 Å². The molecule has 0 aliphatic heterocycles. The molecule has 0 unspecified atom stereocenters. The maximum absolute atomic E-state index is 6.17. The fourth-order valence-corrected chi connectivity index (χ4v) is 9.41. The first-order valence-corrected chi connectivity index (χ1v) is 19.0. The number of furan rings is 1. The van der Waals surface area contributed by atoms with Gasteiger partial charge in [0.05, 0.1) is 5.41 Å².